The zero-order valence-electron chi connectivity index (χ0n) is 12.0. The van der Waals surface area contributed by atoms with Gasteiger partial charge in [0.1, 0.15) is 5.75 Å². The van der Waals surface area contributed by atoms with E-state index in [9.17, 15) is 9.90 Å². The van der Waals surface area contributed by atoms with E-state index >= 15 is 0 Å². The van der Waals surface area contributed by atoms with Crippen LogP contribution in [0, 0.1) is 0 Å². The molecule has 0 aromatic heterocycles. The topological polar surface area (TPSA) is 61.7 Å². The van der Waals surface area contributed by atoms with E-state index in [1.807, 2.05) is 30.3 Å². The Morgan fingerprint density at radius 1 is 1.04 bits per heavy atom. The molecule has 0 spiro atoms. The number of phenols is 1. The van der Waals surface area contributed by atoms with Gasteiger partial charge in [0.25, 0.3) is 5.91 Å². The van der Waals surface area contributed by atoms with Crippen LogP contribution < -0.4 is 5.43 Å². The van der Waals surface area contributed by atoms with Crippen LogP contribution in [0.15, 0.2) is 65.8 Å². The van der Waals surface area contributed by atoms with Crippen molar-refractivity contribution >= 4 is 34.5 Å². The lowest BCUT2D eigenvalue weighted by atomic mass is 10.0. The largest absolute Gasteiger partial charge is 0.507 e. The molecular formula is C18H13ClN2O2. The molecule has 0 saturated carbocycles. The molecule has 4 nitrogen and oxygen atoms in total. The number of rotatable bonds is 3. The molecule has 0 fully saturated rings. The first-order valence-electron chi connectivity index (χ1n) is 6.95. The fourth-order valence-corrected chi connectivity index (χ4v) is 2.50. The molecule has 0 saturated heterocycles. The molecule has 0 atom stereocenters. The summed E-state index contributed by atoms with van der Waals surface area (Å²) in [6, 6.07) is 17.8. The Hall–Kier alpha value is -2.85. The highest BCUT2D eigenvalue weighted by atomic mass is 35.5. The van der Waals surface area contributed by atoms with Crippen molar-refractivity contribution in [3.63, 3.8) is 0 Å². The summed E-state index contributed by atoms with van der Waals surface area (Å²) >= 11 is 5.97. The number of hydrazone groups is 1. The number of carbonyl (C=O) groups is 1. The summed E-state index contributed by atoms with van der Waals surface area (Å²) < 4.78 is 0. The number of phenolic OH excluding ortho intramolecular Hbond substituents is 1. The maximum atomic E-state index is 12.0. The van der Waals surface area contributed by atoms with Crippen LogP contribution in [0.3, 0.4) is 0 Å². The smallest absolute Gasteiger partial charge is 0.272 e. The van der Waals surface area contributed by atoms with Crippen LogP contribution in [0.1, 0.15) is 15.9 Å². The van der Waals surface area contributed by atoms with Gasteiger partial charge in [0, 0.05) is 5.56 Å². The summed E-state index contributed by atoms with van der Waals surface area (Å²) in [4.78, 5) is 12.0. The van der Waals surface area contributed by atoms with Crippen molar-refractivity contribution in [2.45, 2.75) is 0 Å². The second-order valence-electron chi connectivity index (χ2n) is 4.90. The number of halogens is 1. The Labute approximate surface area is 138 Å². The minimum atomic E-state index is -0.411. The first-order valence-corrected chi connectivity index (χ1v) is 7.33. The van der Waals surface area contributed by atoms with E-state index in [1.54, 1.807) is 30.3 Å². The minimum Gasteiger partial charge on any atom is -0.507 e. The van der Waals surface area contributed by atoms with Crippen molar-refractivity contribution in [1.29, 1.82) is 0 Å². The highest BCUT2D eigenvalue weighted by Crippen LogP contribution is 2.25. The quantitative estimate of drug-likeness (QED) is 0.566. The summed E-state index contributed by atoms with van der Waals surface area (Å²) in [6.07, 6.45) is 1.42. The number of nitrogens with one attached hydrogen (secondary N) is 1. The van der Waals surface area contributed by atoms with Crippen LogP contribution in [-0.2, 0) is 0 Å². The number of amides is 1. The van der Waals surface area contributed by atoms with Crippen LogP contribution in [0.25, 0.3) is 10.8 Å². The van der Waals surface area contributed by atoms with Gasteiger partial charge in [-0.25, -0.2) is 5.43 Å². The van der Waals surface area contributed by atoms with Crippen LogP contribution in [0.2, 0.25) is 5.02 Å². The summed E-state index contributed by atoms with van der Waals surface area (Å²) in [5, 5.41) is 16.1. The molecule has 3 aromatic carbocycles. The molecule has 0 aliphatic rings. The van der Waals surface area contributed by atoms with E-state index < -0.39 is 5.91 Å². The fraction of sp³-hybridized carbons (Fsp3) is 0. The molecule has 0 unspecified atom stereocenters. The Bertz CT molecular complexity index is 906. The fourth-order valence-electron chi connectivity index (χ4n) is 2.28. The number of benzene rings is 3. The monoisotopic (exact) mass is 324 g/mol. The first-order chi connectivity index (χ1) is 11.2. The van der Waals surface area contributed by atoms with Gasteiger partial charge in [0.05, 0.1) is 16.8 Å². The maximum Gasteiger partial charge on any atom is 0.272 e. The van der Waals surface area contributed by atoms with Gasteiger partial charge in [-0.05, 0) is 29.0 Å². The van der Waals surface area contributed by atoms with Crippen LogP contribution in [0.5, 0.6) is 5.75 Å². The highest BCUT2D eigenvalue weighted by molar-refractivity contribution is 6.33. The molecule has 23 heavy (non-hydrogen) atoms. The Balaban J connectivity index is 1.85. The lowest BCUT2D eigenvalue weighted by molar-refractivity contribution is 0.0955. The third-order valence-electron chi connectivity index (χ3n) is 3.43. The lowest BCUT2D eigenvalue weighted by Gasteiger charge is -2.05. The SMILES string of the molecule is O=C(N/N=C/c1c(O)ccc2ccccc12)c1ccccc1Cl. The highest BCUT2D eigenvalue weighted by Gasteiger charge is 2.08. The molecule has 3 aromatic rings. The van der Waals surface area contributed by atoms with Gasteiger partial charge in [-0.2, -0.15) is 5.10 Å². The summed E-state index contributed by atoms with van der Waals surface area (Å²) in [6.45, 7) is 0. The number of nitrogens with zero attached hydrogens (tertiary/aromatic N) is 1. The number of hydrogen-bond acceptors (Lipinski definition) is 3. The molecule has 0 radical (unpaired) electrons. The zero-order valence-corrected chi connectivity index (χ0v) is 12.8. The summed E-state index contributed by atoms with van der Waals surface area (Å²) in [7, 11) is 0. The Morgan fingerprint density at radius 3 is 2.61 bits per heavy atom. The number of aromatic hydroxyl groups is 1. The molecule has 0 heterocycles. The van der Waals surface area contributed by atoms with E-state index in [-0.39, 0.29) is 5.75 Å². The second-order valence-corrected chi connectivity index (χ2v) is 5.31. The summed E-state index contributed by atoms with van der Waals surface area (Å²) in [5.74, 6) is -0.314. The average molecular weight is 325 g/mol. The third-order valence-corrected chi connectivity index (χ3v) is 3.76. The van der Waals surface area contributed by atoms with E-state index in [0.717, 1.165) is 10.8 Å². The normalized spacial score (nSPS) is 11.0. The van der Waals surface area contributed by atoms with Crippen LogP contribution in [0.4, 0.5) is 0 Å². The molecule has 0 aliphatic carbocycles. The molecule has 2 N–H and O–H groups in total. The van der Waals surface area contributed by atoms with E-state index in [2.05, 4.69) is 10.5 Å². The average Bonchev–Trinajstić information content (AvgIpc) is 2.57. The number of fused-ring (bicyclic) bond motifs is 1. The van der Waals surface area contributed by atoms with Crippen molar-refractivity contribution in [1.82, 2.24) is 5.43 Å². The molecule has 3 rings (SSSR count). The molecule has 0 bridgehead atoms. The lowest BCUT2D eigenvalue weighted by Crippen LogP contribution is -2.17. The molecule has 5 heteroatoms. The van der Waals surface area contributed by atoms with Crippen molar-refractivity contribution < 1.29 is 9.90 Å². The van der Waals surface area contributed by atoms with Gasteiger partial charge >= 0.3 is 0 Å². The van der Waals surface area contributed by atoms with Gasteiger partial charge in [-0.1, -0.05) is 54.1 Å². The third kappa shape index (κ3) is 3.17. The number of carbonyl (C=O) groups excluding carboxylic acids is 1. The van der Waals surface area contributed by atoms with Crippen LogP contribution in [-0.4, -0.2) is 17.2 Å². The van der Waals surface area contributed by atoms with Gasteiger partial charge < -0.3 is 5.11 Å². The Kier molecular flexibility index (Phi) is 4.26. The van der Waals surface area contributed by atoms with Gasteiger partial charge in [-0.15, -0.1) is 0 Å². The van der Waals surface area contributed by atoms with E-state index in [1.165, 1.54) is 6.21 Å². The number of hydrogen-bond donors (Lipinski definition) is 2. The zero-order chi connectivity index (χ0) is 16.2. The van der Waals surface area contributed by atoms with Crippen molar-refractivity contribution in [3.05, 3.63) is 76.8 Å². The molecular weight excluding hydrogens is 312 g/mol. The van der Waals surface area contributed by atoms with E-state index in [0.29, 0.717) is 16.1 Å². The Morgan fingerprint density at radius 2 is 1.78 bits per heavy atom. The van der Waals surface area contributed by atoms with Gasteiger partial charge in [0.2, 0.25) is 0 Å². The van der Waals surface area contributed by atoms with E-state index in [4.69, 9.17) is 11.6 Å². The molecule has 114 valence electrons. The van der Waals surface area contributed by atoms with Gasteiger partial charge in [-0.3, -0.25) is 4.79 Å². The van der Waals surface area contributed by atoms with Crippen molar-refractivity contribution in [2.75, 3.05) is 0 Å². The van der Waals surface area contributed by atoms with Crippen molar-refractivity contribution in [3.8, 4) is 5.75 Å². The van der Waals surface area contributed by atoms with Crippen molar-refractivity contribution in [2.24, 2.45) is 5.10 Å². The first kappa shape index (κ1) is 15.1. The molecule has 1 amide bonds. The summed E-state index contributed by atoms with van der Waals surface area (Å²) in [5.41, 5.74) is 3.30. The predicted octanol–water partition coefficient (Wildman–Crippen LogP) is 3.96. The maximum absolute atomic E-state index is 12.0. The van der Waals surface area contributed by atoms with Crippen LogP contribution >= 0.6 is 11.6 Å². The minimum absolute atomic E-state index is 0.0967. The molecule has 0 aliphatic heterocycles. The standard InChI is InChI=1S/C18H13ClN2O2/c19-16-8-4-3-7-14(16)18(23)21-20-11-15-13-6-2-1-5-12(13)9-10-17(15)22/h1-11,22H,(H,21,23)/b20-11+. The van der Waals surface area contributed by atoms with Gasteiger partial charge in [0.15, 0.2) is 0 Å². The second kappa shape index (κ2) is 6.50. The predicted molar refractivity (Wildman–Crippen MR) is 92.1 cm³/mol.